The maximum Gasteiger partial charge on any atom is 0.233 e. The molecule has 0 radical (unpaired) electrons. The van der Waals surface area contributed by atoms with Crippen molar-refractivity contribution in [3.63, 3.8) is 0 Å². The highest BCUT2D eigenvalue weighted by Gasteiger charge is 2.21. The van der Waals surface area contributed by atoms with E-state index in [1.54, 1.807) is 4.90 Å². The Hall–Kier alpha value is -2.08. The van der Waals surface area contributed by atoms with Gasteiger partial charge in [0.25, 0.3) is 0 Å². The summed E-state index contributed by atoms with van der Waals surface area (Å²) in [7, 11) is 5.95. The van der Waals surface area contributed by atoms with Gasteiger partial charge in [-0.2, -0.15) is 0 Å². The highest BCUT2D eigenvalue weighted by atomic mass is 16.2. The van der Waals surface area contributed by atoms with Crippen molar-refractivity contribution >= 4 is 23.2 Å². The third-order valence-corrected chi connectivity index (χ3v) is 3.84. The van der Waals surface area contributed by atoms with Gasteiger partial charge in [-0.3, -0.25) is 9.59 Å². The molecular weight excluding hydrogens is 280 g/mol. The van der Waals surface area contributed by atoms with Crippen LogP contribution in [0.3, 0.4) is 0 Å². The average Bonchev–Trinajstić information content (AvgIpc) is 2.48. The lowest BCUT2D eigenvalue weighted by Crippen LogP contribution is -2.47. The summed E-state index contributed by atoms with van der Waals surface area (Å²) in [5, 5.41) is 2.77. The number of anilines is 2. The van der Waals surface area contributed by atoms with E-state index < -0.39 is 0 Å². The van der Waals surface area contributed by atoms with Crippen molar-refractivity contribution < 1.29 is 9.59 Å². The van der Waals surface area contributed by atoms with Gasteiger partial charge in [0.15, 0.2) is 0 Å². The molecular formula is C16H24N4O2. The summed E-state index contributed by atoms with van der Waals surface area (Å²) in [5.74, 6) is -0.364. The Labute approximate surface area is 131 Å². The zero-order valence-corrected chi connectivity index (χ0v) is 13.5. The van der Waals surface area contributed by atoms with Gasteiger partial charge in [-0.15, -0.1) is 0 Å². The lowest BCUT2D eigenvalue weighted by molar-refractivity contribution is -0.135. The molecule has 1 aromatic carbocycles. The van der Waals surface area contributed by atoms with Crippen LogP contribution in [0.15, 0.2) is 24.3 Å². The maximum atomic E-state index is 12.1. The van der Waals surface area contributed by atoms with E-state index in [4.69, 9.17) is 0 Å². The maximum absolute atomic E-state index is 12.1. The molecule has 0 atom stereocenters. The second-order valence-corrected chi connectivity index (χ2v) is 5.85. The molecule has 0 aliphatic carbocycles. The van der Waals surface area contributed by atoms with Gasteiger partial charge in [0.1, 0.15) is 6.42 Å². The predicted octanol–water partition coefficient (Wildman–Crippen LogP) is 0.855. The lowest BCUT2D eigenvalue weighted by atomic mass is 10.2. The van der Waals surface area contributed by atoms with Crippen molar-refractivity contribution in [2.45, 2.75) is 6.42 Å². The van der Waals surface area contributed by atoms with Crippen molar-refractivity contribution in [1.82, 2.24) is 9.80 Å². The first-order valence-corrected chi connectivity index (χ1v) is 7.49. The summed E-state index contributed by atoms with van der Waals surface area (Å²) < 4.78 is 0. The number of hydrogen-bond donors (Lipinski definition) is 1. The van der Waals surface area contributed by atoms with Gasteiger partial charge in [-0.25, -0.2) is 0 Å². The van der Waals surface area contributed by atoms with Gasteiger partial charge < -0.3 is 20.0 Å². The Balaban J connectivity index is 1.83. The van der Waals surface area contributed by atoms with Crippen molar-refractivity contribution in [3.05, 3.63) is 24.3 Å². The van der Waals surface area contributed by atoms with Crippen LogP contribution in [-0.2, 0) is 9.59 Å². The van der Waals surface area contributed by atoms with Crippen LogP contribution in [0.5, 0.6) is 0 Å². The second-order valence-electron chi connectivity index (χ2n) is 5.85. The van der Waals surface area contributed by atoms with E-state index in [9.17, 15) is 9.59 Å². The number of rotatable bonds is 4. The molecule has 1 aliphatic rings. The first kappa shape index (κ1) is 16.3. The average molecular weight is 304 g/mol. The molecule has 6 heteroatoms. The minimum absolute atomic E-state index is 0.0981. The molecule has 1 N–H and O–H groups in total. The minimum atomic E-state index is -0.262. The van der Waals surface area contributed by atoms with Gasteiger partial charge in [0.2, 0.25) is 11.8 Å². The summed E-state index contributed by atoms with van der Waals surface area (Å²) in [5.41, 5.74) is 1.77. The van der Waals surface area contributed by atoms with Gasteiger partial charge in [0, 0.05) is 51.6 Å². The Bertz CT molecular complexity index is 519. The number of amides is 2. The molecule has 0 unspecified atom stereocenters. The smallest absolute Gasteiger partial charge is 0.233 e. The normalized spacial score (nSPS) is 15.5. The van der Waals surface area contributed by atoms with Crippen LogP contribution in [0.2, 0.25) is 0 Å². The monoisotopic (exact) mass is 304 g/mol. The molecule has 0 saturated carbocycles. The first-order chi connectivity index (χ1) is 10.5. The Morgan fingerprint density at radius 1 is 1.09 bits per heavy atom. The quantitative estimate of drug-likeness (QED) is 0.838. The molecule has 1 fully saturated rings. The number of carbonyl (C=O) groups is 2. The summed E-state index contributed by atoms with van der Waals surface area (Å²) in [4.78, 5) is 30.0. The van der Waals surface area contributed by atoms with E-state index >= 15 is 0 Å². The standard InChI is InChI=1S/C16H24N4O2/c1-18(2)14-6-4-13(5-7-14)17-15(21)12-16(22)20-10-8-19(3)9-11-20/h4-7H,8-12H2,1-3H3,(H,17,21). The fourth-order valence-corrected chi connectivity index (χ4v) is 2.35. The fourth-order valence-electron chi connectivity index (χ4n) is 2.35. The predicted molar refractivity (Wildman–Crippen MR) is 88.1 cm³/mol. The molecule has 0 aromatic heterocycles. The van der Waals surface area contributed by atoms with Crippen LogP contribution in [0.25, 0.3) is 0 Å². The van der Waals surface area contributed by atoms with E-state index in [1.165, 1.54) is 0 Å². The van der Waals surface area contributed by atoms with Gasteiger partial charge in [-0.05, 0) is 31.3 Å². The first-order valence-electron chi connectivity index (χ1n) is 7.49. The molecule has 6 nitrogen and oxygen atoms in total. The number of hydrogen-bond acceptors (Lipinski definition) is 4. The summed E-state index contributed by atoms with van der Waals surface area (Å²) in [6.07, 6.45) is -0.0981. The Morgan fingerprint density at radius 2 is 1.68 bits per heavy atom. The number of likely N-dealkylation sites (N-methyl/N-ethyl adjacent to an activating group) is 1. The molecule has 2 rings (SSSR count). The van der Waals surface area contributed by atoms with Crippen LogP contribution >= 0.6 is 0 Å². The number of piperazine rings is 1. The van der Waals surface area contributed by atoms with E-state index in [2.05, 4.69) is 10.2 Å². The highest BCUT2D eigenvalue weighted by Crippen LogP contribution is 2.15. The molecule has 1 aromatic rings. The molecule has 120 valence electrons. The molecule has 1 heterocycles. The van der Waals surface area contributed by atoms with E-state index in [-0.39, 0.29) is 18.2 Å². The number of benzene rings is 1. The third-order valence-electron chi connectivity index (χ3n) is 3.84. The topological polar surface area (TPSA) is 55.9 Å². The molecule has 1 saturated heterocycles. The van der Waals surface area contributed by atoms with Crippen LogP contribution in [0.1, 0.15) is 6.42 Å². The summed E-state index contributed by atoms with van der Waals surface area (Å²) >= 11 is 0. The number of nitrogens with zero attached hydrogens (tertiary/aromatic N) is 3. The van der Waals surface area contributed by atoms with Crippen molar-refractivity contribution in [1.29, 1.82) is 0 Å². The zero-order chi connectivity index (χ0) is 16.1. The summed E-state index contributed by atoms with van der Waals surface area (Å²) in [6, 6.07) is 7.54. The van der Waals surface area contributed by atoms with Crippen LogP contribution in [0.4, 0.5) is 11.4 Å². The second kappa shape index (κ2) is 7.26. The lowest BCUT2D eigenvalue weighted by Gasteiger charge is -2.32. The van der Waals surface area contributed by atoms with E-state index in [0.29, 0.717) is 18.8 Å². The third kappa shape index (κ3) is 4.46. The summed E-state index contributed by atoms with van der Waals surface area (Å²) in [6.45, 7) is 3.11. The zero-order valence-electron chi connectivity index (χ0n) is 13.5. The van der Waals surface area contributed by atoms with E-state index in [1.807, 2.05) is 50.3 Å². The highest BCUT2D eigenvalue weighted by molar-refractivity contribution is 6.03. The van der Waals surface area contributed by atoms with Crippen LogP contribution in [0, 0.1) is 0 Å². The van der Waals surface area contributed by atoms with Crippen molar-refractivity contribution in [2.75, 3.05) is 57.5 Å². The molecule has 0 spiro atoms. The Kier molecular flexibility index (Phi) is 5.38. The SMILES string of the molecule is CN1CCN(C(=O)CC(=O)Nc2ccc(N(C)C)cc2)CC1. The van der Waals surface area contributed by atoms with E-state index in [0.717, 1.165) is 18.8 Å². The van der Waals surface area contributed by atoms with Gasteiger partial charge in [-0.1, -0.05) is 0 Å². The molecule has 2 amide bonds. The Morgan fingerprint density at radius 3 is 2.23 bits per heavy atom. The minimum Gasteiger partial charge on any atom is -0.378 e. The van der Waals surface area contributed by atoms with Crippen molar-refractivity contribution in [3.8, 4) is 0 Å². The van der Waals surface area contributed by atoms with Crippen molar-refractivity contribution in [2.24, 2.45) is 0 Å². The molecule has 1 aliphatic heterocycles. The fraction of sp³-hybridized carbons (Fsp3) is 0.500. The van der Waals surface area contributed by atoms with Crippen LogP contribution < -0.4 is 10.2 Å². The molecule has 22 heavy (non-hydrogen) atoms. The largest absolute Gasteiger partial charge is 0.378 e. The van der Waals surface area contributed by atoms with Crippen LogP contribution in [-0.4, -0.2) is 68.9 Å². The number of carbonyl (C=O) groups excluding carboxylic acids is 2. The number of nitrogens with one attached hydrogen (secondary N) is 1. The molecule has 0 bridgehead atoms. The van der Waals surface area contributed by atoms with Gasteiger partial charge in [0.05, 0.1) is 0 Å². The van der Waals surface area contributed by atoms with Gasteiger partial charge >= 0.3 is 0 Å².